The van der Waals surface area contributed by atoms with Crippen molar-refractivity contribution in [3.8, 4) is 0 Å². The van der Waals surface area contributed by atoms with E-state index in [4.69, 9.17) is 0 Å². The smallest absolute Gasteiger partial charge is 0.0250 e. The third-order valence-corrected chi connectivity index (χ3v) is 6.31. The standard InChI is InChI=1S/C22H34/c1-2-18-8-10-20(11-9-18)17-22-14-12-21(13-15-22)16-19-6-4-3-5-7-19/h8-11,19,21-22H,2-7,12-17H2,1H3. The SMILES string of the molecule is CCc1ccc(CC2CCC(CC3CCCCC3)CC2)cc1. The van der Waals surface area contributed by atoms with Gasteiger partial charge in [-0.3, -0.25) is 0 Å². The van der Waals surface area contributed by atoms with E-state index < -0.39 is 0 Å². The highest BCUT2D eigenvalue weighted by atomic mass is 14.3. The van der Waals surface area contributed by atoms with Crippen LogP contribution in [0.25, 0.3) is 0 Å². The molecule has 2 fully saturated rings. The molecule has 2 aliphatic rings. The Morgan fingerprint density at radius 3 is 1.86 bits per heavy atom. The Morgan fingerprint density at radius 1 is 0.682 bits per heavy atom. The van der Waals surface area contributed by atoms with Crippen molar-refractivity contribution < 1.29 is 0 Å². The molecule has 122 valence electrons. The Bertz CT molecular complexity index is 416. The summed E-state index contributed by atoms with van der Waals surface area (Å²) in [5.74, 6) is 3.09. The van der Waals surface area contributed by atoms with E-state index in [-0.39, 0.29) is 0 Å². The topological polar surface area (TPSA) is 0 Å². The zero-order valence-electron chi connectivity index (χ0n) is 14.5. The van der Waals surface area contributed by atoms with E-state index in [1.54, 1.807) is 12.0 Å². The van der Waals surface area contributed by atoms with Gasteiger partial charge >= 0.3 is 0 Å². The van der Waals surface area contributed by atoms with Gasteiger partial charge in [0.2, 0.25) is 0 Å². The summed E-state index contributed by atoms with van der Waals surface area (Å²) in [4.78, 5) is 0. The summed E-state index contributed by atoms with van der Waals surface area (Å²) in [6.07, 6.45) is 17.6. The monoisotopic (exact) mass is 298 g/mol. The van der Waals surface area contributed by atoms with E-state index in [1.807, 2.05) is 0 Å². The van der Waals surface area contributed by atoms with Gasteiger partial charge in [0, 0.05) is 0 Å². The molecular weight excluding hydrogens is 264 g/mol. The zero-order chi connectivity index (χ0) is 15.2. The van der Waals surface area contributed by atoms with Crippen LogP contribution in [-0.2, 0) is 12.8 Å². The normalized spacial score (nSPS) is 27.0. The molecule has 0 heteroatoms. The van der Waals surface area contributed by atoms with Gasteiger partial charge in [-0.25, -0.2) is 0 Å². The van der Waals surface area contributed by atoms with Gasteiger partial charge < -0.3 is 0 Å². The largest absolute Gasteiger partial charge is 0.0613 e. The van der Waals surface area contributed by atoms with Gasteiger partial charge in [-0.1, -0.05) is 76.1 Å². The second-order valence-electron chi connectivity index (χ2n) is 8.00. The Kier molecular flexibility index (Phi) is 5.98. The maximum Gasteiger partial charge on any atom is -0.0250 e. The van der Waals surface area contributed by atoms with Crippen LogP contribution in [0.4, 0.5) is 0 Å². The highest BCUT2D eigenvalue weighted by molar-refractivity contribution is 5.22. The van der Waals surface area contributed by atoms with Crippen LogP contribution in [0.1, 0.15) is 82.3 Å². The van der Waals surface area contributed by atoms with Crippen molar-refractivity contribution in [2.45, 2.75) is 84.0 Å². The van der Waals surface area contributed by atoms with E-state index in [2.05, 4.69) is 31.2 Å². The molecule has 0 amide bonds. The van der Waals surface area contributed by atoms with Crippen LogP contribution in [-0.4, -0.2) is 0 Å². The van der Waals surface area contributed by atoms with E-state index in [0.717, 1.165) is 24.2 Å². The summed E-state index contributed by atoms with van der Waals surface area (Å²) < 4.78 is 0. The van der Waals surface area contributed by atoms with Crippen molar-refractivity contribution >= 4 is 0 Å². The fourth-order valence-electron chi connectivity index (χ4n) is 4.81. The first-order valence-corrected chi connectivity index (χ1v) is 9.91. The fraction of sp³-hybridized carbons (Fsp3) is 0.727. The van der Waals surface area contributed by atoms with Crippen LogP contribution >= 0.6 is 0 Å². The van der Waals surface area contributed by atoms with Crippen LogP contribution < -0.4 is 0 Å². The van der Waals surface area contributed by atoms with Crippen LogP contribution in [0.15, 0.2) is 24.3 Å². The molecule has 0 aromatic heterocycles. The van der Waals surface area contributed by atoms with Gasteiger partial charge in [-0.15, -0.1) is 0 Å². The van der Waals surface area contributed by atoms with Crippen molar-refractivity contribution in [3.05, 3.63) is 35.4 Å². The third kappa shape index (κ3) is 4.61. The second-order valence-corrected chi connectivity index (χ2v) is 8.00. The summed E-state index contributed by atoms with van der Waals surface area (Å²) in [5.41, 5.74) is 3.04. The molecule has 3 rings (SSSR count). The molecule has 2 aliphatic carbocycles. The molecule has 1 aromatic carbocycles. The van der Waals surface area contributed by atoms with Crippen molar-refractivity contribution in [3.63, 3.8) is 0 Å². The van der Waals surface area contributed by atoms with Crippen molar-refractivity contribution in [1.82, 2.24) is 0 Å². The minimum atomic E-state index is 0.954. The first kappa shape index (κ1) is 16.1. The number of rotatable bonds is 5. The fourth-order valence-corrected chi connectivity index (χ4v) is 4.81. The molecule has 0 unspecified atom stereocenters. The molecule has 0 radical (unpaired) electrons. The highest BCUT2D eigenvalue weighted by Gasteiger charge is 2.24. The lowest BCUT2D eigenvalue weighted by atomic mass is 9.74. The molecule has 0 heterocycles. The Hall–Kier alpha value is -0.780. The van der Waals surface area contributed by atoms with Gasteiger partial charge in [0.25, 0.3) is 0 Å². The van der Waals surface area contributed by atoms with Crippen molar-refractivity contribution in [2.24, 2.45) is 17.8 Å². The van der Waals surface area contributed by atoms with Gasteiger partial charge in [0.15, 0.2) is 0 Å². The van der Waals surface area contributed by atoms with Crippen LogP contribution in [0, 0.1) is 17.8 Å². The molecule has 22 heavy (non-hydrogen) atoms. The van der Waals surface area contributed by atoms with E-state index in [1.165, 1.54) is 69.8 Å². The molecule has 0 nitrogen and oxygen atoms in total. The van der Waals surface area contributed by atoms with Gasteiger partial charge in [0.05, 0.1) is 0 Å². The highest BCUT2D eigenvalue weighted by Crippen LogP contribution is 2.37. The molecule has 0 saturated heterocycles. The first-order chi connectivity index (χ1) is 10.8. The lowest BCUT2D eigenvalue weighted by molar-refractivity contribution is 0.211. The van der Waals surface area contributed by atoms with Crippen LogP contribution in [0.3, 0.4) is 0 Å². The first-order valence-electron chi connectivity index (χ1n) is 9.91. The minimum absolute atomic E-state index is 0.954. The predicted molar refractivity (Wildman–Crippen MR) is 96.2 cm³/mol. The minimum Gasteiger partial charge on any atom is -0.0613 e. The Morgan fingerprint density at radius 2 is 1.23 bits per heavy atom. The third-order valence-electron chi connectivity index (χ3n) is 6.31. The van der Waals surface area contributed by atoms with Crippen LogP contribution in [0.2, 0.25) is 0 Å². The molecule has 2 saturated carbocycles. The summed E-state index contributed by atoms with van der Waals surface area (Å²) in [6.45, 7) is 2.24. The lowest BCUT2D eigenvalue weighted by Crippen LogP contribution is -2.19. The number of hydrogen-bond acceptors (Lipinski definition) is 0. The van der Waals surface area contributed by atoms with Gasteiger partial charge in [0.1, 0.15) is 0 Å². The van der Waals surface area contributed by atoms with Gasteiger partial charge in [-0.05, 0) is 61.0 Å². The predicted octanol–water partition coefficient (Wildman–Crippen LogP) is 6.57. The summed E-state index contributed by atoms with van der Waals surface area (Å²) in [6, 6.07) is 9.38. The average Bonchev–Trinajstić information content (AvgIpc) is 2.58. The number of aryl methyl sites for hydroxylation is 1. The van der Waals surface area contributed by atoms with E-state index >= 15 is 0 Å². The molecule has 0 N–H and O–H groups in total. The van der Waals surface area contributed by atoms with Gasteiger partial charge in [-0.2, -0.15) is 0 Å². The molecule has 0 spiro atoms. The Labute approximate surface area is 137 Å². The van der Waals surface area contributed by atoms with Crippen molar-refractivity contribution in [2.75, 3.05) is 0 Å². The quantitative estimate of drug-likeness (QED) is 0.577. The molecule has 1 aromatic rings. The summed E-state index contributed by atoms with van der Waals surface area (Å²) >= 11 is 0. The molecular formula is C22H34. The maximum absolute atomic E-state index is 2.37. The van der Waals surface area contributed by atoms with Crippen molar-refractivity contribution in [1.29, 1.82) is 0 Å². The molecule has 0 aliphatic heterocycles. The summed E-state index contributed by atoms with van der Waals surface area (Å²) in [5, 5.41) is 0. The lowest BCUT2D eigenvalue weighted by Gasteiger charge is -2.32. The number of hydrogen-bond donors (Lipinski definition) is 0. The second kappa shape index (κ2) is 8.18. The molecule has 0 bridgehead atoms. The number of benzene rings is 1. The average molecular weight is 299 g/mol. The van der Waals surface area contributed by atoms with E-state index in [9.17, 15) is 0 Å². The zero-order valence-corrected chi connectivity index (χ0v) is 14.5. The Balaban J connectivity index is 1.41. The van der Waals surface area contributed by atoms with Crippen LogP contribution in [0.5, 0.6) is 0 Å². The summed E-state index contributed by atoms with van der Waals surface area (Å²) in [7, 11) is 0. The molecule has 0 atom stereocenters. The maximum atomic E-state index is 2.37. The van der Waals surface area contributed by atoms with E-state index in [0.29, 0.717) is 0 Å².